The lowest BCUT2D eigenvalue weighted by molar-refractivity contribution is -0.319. The minimum Gasteiger partial charge on any atom is -0.396 e. The molecule has 4 aliphatic rings. The molecule has 0 amide bonds. The van der Waals surface area contributed by atoms with E-state index in [4.69, 9.17) is 18.9 Å². The first-order valence-corrected chi connectivity index (χ1v) is 15.2. The van der Waals surface area contributed by atoms with Crippen molar-refractivity contribution < 1.29 is 49.6 Å². The maximum atomic E-state index is 12.0. The summed E-state index contributed by atoms with van der Waals surface area (Å²) in [5.41, 5.74) is 0.955. The Morgan fingerprint density at radius 2 is 1.79 bits per heavy atom. The summed E-state index contributed by atoms with van der Waals surface area (Å²) in [6.45, 7) is 13.4. The van der Waals surface area contributed by atoms with Crippen LogP contribution >= 0.6 is 0 Å². The van der Waals surface area contributed by atoms with E-state index in [1.54, 1.807) is 27.0 Å². The van der Waals surface area contributed by atoms with Crippen LogP contribution in [0.25, 0.3) is 0 Å². The van der Waals surface area contributed by atoms with Gasteiger partial charge in [0, 0.05) is 31.0 Å². The molecule has 1 saturated heterocycles. The molecule has 1 saturated carbocycles. The largest absolute Gasteiger partial charge is 0.396 e. The first-order valence-electron chi connectivity index (χ1n) is 15.2. The van der Waals surface area contributed by atoms with E-state index in [1.807, 2.05) is 20.8 Å². The van der Waals surface area contributed by atoms with Gasteiger partial charge in [-0.2, -0.15) is 0 Å². The monoisotopic (exact) mass is 596 g/mol. The average molecular weight is 597 g/mol. The first-order chi connectivity index (χ1) is 19.7. The van der Waals surface area contributed by atoms with Crippen LogP contribution in [0.5, 0.6) is 0 Å². The van der Waals surface area contributed by atoms with Crippen molar-refractivity contribution in [2.24, 2.45) is 29.1 Å². The van der Waals surface area contributed by atoms with Gasteiger partial charge in [0.2, 0.25) is 0 Å². The van der Waals surface area contributed by atoms with E-state index in [2.05, 4.69) is 12.7 Å². The van der Waals surface area contributed by atoms with E-state index in [-0.39, 0.29) is 36.9 Å². The minimum atomic E-state index is -1.61. The van der Waals surface area contributed by atoms with E-state index in [0.29, 0.717) is 18.6 Å². The predicted octanol–water partition coefficient (Wildman–Crippen LogP) is 1.47. The highest BCUT2D eigenvalue weighted by Crippen LogP contribution is 2.55. The molecule has 13 atom stereocenters. The Kier molecular flexibility index (Phi) is 10.5. The Balaban J connectivity index is 1.76. The van der Waals surface area contributed by atoms with Crippen molar-refractivity contribution in [3.05, 3.63) is 35.5 Å². The molecular weight excluding hydrogens is 544 g/mol. The van der Waals surface area contributed by atoms with Crippen molar-refractivity contribution in [2.75, 3.05) is 26.9 Å². The smallest absolute Gasteiger partial charge is 0.187 e. The highest BCUT2D eigenvalue weighted by Gasteiger charge is 2.55. The van der Waals surface area contributed by atoms with Gasteiger partial charge < -0.3 is 49.6 Å². The van der Waals surface area contributed by atoms with Crippen molar-refractivity contribution in [3.8, 4) is 0 Å². The quantitative estimate of drug-likeness (QED) is 0.204. The topological polar surface area (TPSA) is 158 Å². The molecule has 0 bridgehead atoms. The maximum Gasteiger partial charge on any atom is 0.187 e. The summed E-state index contributed by atoms with van der Waals surface area (Å²) >= 11 is 0. The lowest BCUT2D eigenvalue weighted by atomic mass is 9.68. The second-order valence-electron chi connectivity index (χ2n) is 13.5. The molecule has 2 fully saturated rings. The Morgan fingerprint density at radius 3 is 2.40 bits per heavy atom. The third-order valence-corrected chi connectivity index (χ3v) is 10.3. The molecule has 0 spiro atoms. The molecule has 3 aliphatic carbocycles. The number of fused-ring (bicyclic) bond motifs is 2. The van der Waals surface area contributed by atoms with Gasteiger partial charge in [-0.05, 0) is 57.4 Å². The van der Waals surface area contributed by atoms with E-state index < -0.39 is 60.0 Å². The third kappa shape index (κ3) is 6.18. The summed E-state index contributed by atoms with van der Waals surface area (Å²) in [5, 5.41) is 66.2. The van der Waals surface area contributed by atoms with E-state index in [1.165, 1.54) is 0 Å². The van der Waals surface area contributed by atoms with Gasteiger partial charge >= 0.3 is 0 Å². The second kappa shape index (κ2) is 13.0. The normalized spacial score (nSPS) is 44.6. The van der Waals surface area contributed by atoms with Gasteiger partial charge in [-0.25, -0.2) is 0 Å². The van der Waals surface area contributed by atoms with Gasteiger partial charge in [-0.15, -0.1) is 6.58 Å². The number of hydrogen-bond donors (Lipinski definition) is 6. The predicted molar refractivity (Wildman–Crippen MR) is 155 cm³/mol. The maximum absolute atomic E-state index is 12.0. The van der Waals surface area contributed by atoms with Crippen molar-refractivity contribution in [1.82, 2.24) is 0 Å². The highest BCUT2D eigenvalue weighted by atomic mass is 16.7. The fraction of sp³-hybridized carbons (Fsp3) is 0.812. The molecule has 0 aromatic rings. The fourth-order valence-electron chi connectivity index (χ4n) is 7.33. The molecule has 240 valence electrons. The first kappa shape index (κ1) is 33.7. The van der Waals surface area contributed by atoms with Crippen molar-refractivity contribution in [2.45, 2.75) is 108 Å². The van der Waals surface area contributed by atoms with Crippen LogP contribution in [0.3, 0.4) is 0 Å². The van der Waals surface area contributed by atoms with Crippen LogP contribution < -0.4 is 0 Å². The summed E-state index contributed by atoms with van der Waals surface area (Å²) in [5.74, 6) is -0.378. The zero-order valence-electron chi connectivity index (χ0n) is 25.8. The Bertz CT molecular complexity index is 1020. The van der Waals surface area contributed by atoms with Gasteiger partial charge in [0.25, 0.3) is 0 Å². The van der Waals surface area contributed by atoms with Gasteiger partial charge in [-0.3, -0.25) is 0 Å². The lowest BCUT2D eigenvalue weighted by Crippen LogP contribution is -2.61. The lowest BCUT2D eigenvalue weighted by Gasteiger charge is -2.46. The number of aliphatic hydroxyl groups excluding tert-OH is 6. The van der Waals surface area contributed by atoms with E-state index in [0.717, 1.165) is 24.0 Å². The number of methoxy groups -OCH3 is 1. The summed E-state index contributed by atoms with van der Waals surface area (Å²) < 4.78 is 23.9. The summed E-state index contributed by atoms with van der Waals surface area (Å²) in [6, 6.07) is 0. The molecule has 4 rings (SSSR count). The third-order valence-electron chi connectivity index (χ3n) is 10.3. The number of aliphatic hydroxyl groups is 6. The summed E-state index contributed by atoms with van der Waals surface area (Å²) in [4.78, 5) is 0. The zero-order chi connectivity index (χ0) is 31.1. The number of ether oxygens (including phenoxy) is 4. The van der Waals surface area contributed by atoms with Crippen LogP contribution in [-0.2, 0) is 18.9 Å². The average Bonchev–Trinajstić information content (AvgIpc) is 3.46. The van der Waals surface area contributed by atoms with Crippen molar-refractivity contribution in [3.63, 3.8) is 0 Å². The number of hydrogen-bond acceptors (Lipinski definition) is 10. The van der Waals surface area contributed by atoms with Crippen LogP contribution in [0.1, 0.15) is 53.9 Å². The molecule has 42 heavy (non-hydrogen) atoms. The van der Waals surface area contributed by atoms with Gasteiger partial charge in [0.15, 0.2) is 6.29 Å². The van der Waals surface area contributed by atoms with Crippen LogP contribution in [0.15, 0.2) is 35.5 Å². The summed E-state index contributed by atoms with van der Waals surface area (Å²) in [6.07, 6.45) is -4.22. The molecule has 5 unspecified atom stereocenters. The van der Waals surface area contributed by atoms with Crippen LogP contribution in [0, 0.1) is 29.1 Å². The van der Waals surface area contributed by atoms with Crippen molar-refractivity contribution >= 4 is 0 Å². The molecule has 1 aliphatic heterocycles. The number of rotatable bonds is 10. The molecule has 10 heteroatoms. The molecule has 6 N–H and O–H groups in total. The molecule has 1 heterocycles. The highest BCUT2D eigenvalue weighted by molar-refractivity contribution is 5.43. The van der Waals surface area contributed by atoms with Crippen LogP contribution in [-0.4, -0.2) is 112 Å². The minimum absolute atomic E-state index is 0.0306. The second-order valence-corrected chi connectivity index (χ2v) is 13.5. The molecule has 0 radical (unpaired) electrons. The van der Waals surface area contributed by atoms with Gasteiger partial charge in [-0.1, -0.05) is 37.1 Å². The Hall–Kier alpha value is -1.18. The fourth-order valence-corrected chi connectivity index (χ4v) is 7.33. The van der Waals surface area contributed by atoms with E-state index >= 15 is 0 Å². The standard InChI is InChI=1S/C32H52O10/c1-8-31(4,5)40-15-22-26(36)27(37)28(38)30(41-22)42-29-24-20(16(2)13-33)11-23(34)32(24,6)12-21-18(14-39-7)9-10-19(21)17(3)25(29)35/h8,12,16-19,22-23,25-30,33-38H,1,9-11,13-15H2,2-7H3/b21-12-/t16-,17-,18-,19+,22?,23+,25-,26?,27?,28?,29-,30?,32+/m1/s1. The van der Waals surface area contributed by atoms with Crippen LogP contribution in [0.2, 0.25) is 0 Å². The SMILES string of the molecule is C=CC(C)(C)OCC1OC(O[C@@H]2C3=C([C@H](C)CO)C[C@H](O)[C@]3(C)/C=C3/[C@@H](COC)CC[C@H]3[C@@H](C)[C@H]2O)C(O)C(O)C1O. The Labute approximate surface area is 249 Å². The summed E-state index contributed by atoms with van der Waals surface area (Å²) in [7, 11) is 1.68. The zero-order valence-corrected chi connectivity index (χ0v) is 25.8. The Morgan fingerprint density at radius 1 is 1.10 bits per heavy atom. The van der Waals surface area contributed by atoms with Gasteiger partial charge in [0.05, 0.1) is 31.0 Å². The van der Waals surface area contributed by atoms with E-state index in [9.17, 15) is 30.6 Å². The van der Waals surface area contributed by atoms with Crippen molar-refractivity contribution in [1.29, 1.82) is 0 Å². The molecule has 0 aromatic heterocycles. The van der Waals surface area contributed by atoms with Gasteiger partial charge in [0.1, 0.15) is 30.5 Å². The molecule has 0 aromatic carbocycles. The van der Waals surface area contributed by atoms with Crippen LogP contribution in [0.4, 0.5) is 0 Å². The molecule has 10 nitrogen and oxygen atoms in total. The molecular formula is C32H52O10.